The summed E-state index contributed by atoms with van der Waals surface area (Å²) in [6.45, 7) is 1.74. The van der Waals surface area contributed by atoms with E-state index < -0.39 is 18.4 Å². The smallest absolute Gasteiger partial charge is 0.341 e. The number of nitrogens with zero attached hydrogens (tertiary/aromatic N) is 1. The Bertz CT molecular complexity index is 868. The number of carboxylic acids is 1. The first-order chi connectivity index (χ1) is 13.5. The van der Waals surface area contributed by atoms with E-state index in [1.165, 1.54) is 17.0 Å². The van der Waals surface area contributed by atoms with Gasteiger partial charge in [-0.15, -0.1) is 0 Å². The van der Waals surface area contributed by atoms with Crippen LogP contribution in [0.2, 0.25) is 0 Å². The molecule has 0 unspecified atom stereocenters. The standard InChI is InChI=1S/C22H22FNO4/c1-2-3-9-21(25)24(19-8-4-7-18(23)15-19)14-5-6-17-10-12-20(13-11-17)28-16-22(26)27/h4,7-8,10-13,15H,2-3,9,14,16H2,1H3,(H,26,27). The first kappa shape index (κ1) is 21.0. The van der Waals surface area contributed by atoms with Crippen molar-refractivity contribution in [3.63, 3.8) is 0 Å². The lowest BCUT2D eigenvalue weighted by Gasteiger charge is -2.20. The van der Waals surface area contributed by atoms with Gasteiger partial charge in [-0.25, -0.2) is 9.18 Å². The Morgan fingerprint density at radius 1 is 1.18 bits per heavy atom. The van der Waals surface area contributed by atoms with Gasteiger partial charge in [0.1, 0.15) is 11.6 Å². The van der Waals surface area contributed by atoms with Crippen LogP contribution in [-0.4, -0.2) is 30.1 Å². The third kappa shape index (κ3) is 6.76. The summed E-state index contributed by atoms with van der Waals surface area (Å²) in [6, 6.07) is 12.6. The van der Waals surface area contributed by atoms with E-state index >= 15 is 0 Å². The normalized spacial score (nSPS) is 9.93. The number of amides is 1. The Balaban J connectivity index is 2.08. The van der Waals surface area contributed by atoms with Gasteiger partial charge in [0.2, 0.25) is 5.91 Å². The van der Waals surface area contributed by atoms with Crippen molar-refractivity contribution in [2.75, 3.05) is 18.1 Å². The van der Waals surface area contributed by atoms with Crippen molar-refractivity contribution in [1.29, 1.82) is 0 Å². The van der Waals surface area contributed by atoms with Crippen LogP contribution in [0.1, 0.15) is 31.7 Å². The zero-order valence-electron chi connectivity index (χ0n) is 15.7. The molecular formula is C22H22FNO4. The number of anilines is 1. The molecule has 0 bridgehead atoms. The molecule has 0 atom stereocenters. The van der Waals surface area contributed by atoms with Crippen LogP contribution < -0.4 is 9.64 Å². The molecular weight excluding hydrogens is 361 g/mol. The fourth-order valence-corrected chi connectivity index (χ4v) is 2.43. The molecule has 0 saturated carbocycles. The molecule has 2 rings (SSSR count). The number of rotatable bonds is 8. The second-order valence-electron chi connectivity index (χ2n) is 6.07. The molecule has 0 aliphatic heterocycles. The maximum absolute atomic E-state index is 13.6. The number of carbonyl (C=O) groups excluding carboxylic acids is 1. The van der Waals surface area contributed by atoms with E-state index in [1.54, 1.807) is 36.4 Å². The number of carbonyl (C=O) groups is 2. The average molecular weight is 383 g/mol. The first-order valence-corrected chi connectivity index (χ1v) is 8.99. The summed E-state index contributed by atoms with van der Waals surface area (Å²) < 4.78 is 18.6. The number of hydrogen-bond acceptors (Lipinski definition) is 3. The number of carboxylic acid groups (broad SMARTS) is 1. The van der Waals surface area contributed by atoms with Crippen molar-refractivity contribution in [2.45, 2.75) is 26.2 Å². The summed E-state index contributed by atoms with van der Waals surface area (Å²) in [6.07, 6.45) is 2.03. The van der Waals surface area contributed by atoms with Gasteiger partial charge >= 0.3 is 5.97 Å². The highest BCUT2D eigenvalue weighted by Crippen LogP contribution is 2.17. The van der Waals surface area contributed by atoms with E-state index in [0.717, 1.165) is 12.8 Å². The fourth-order valence-electron chi connectivity index (χ4n) is 2.43. The van der Waals surface area contributed by atoms with Gasteiger partial charge in [0.25, 0.3) is 0 Å². The molecule has 0 spiro atoms. The van der Waals surface area contributed by atoms with Crippen LogP contribution in [-0.2, 0) is 9.59 Å². The highest BCUT2D eigenvalue weighted by molar-refractivity contribution is 5.93. The highest BCUT2D eigenvalue weighted by Gasteiger charge is 2.14. The summed E-state index contributed by atoms with van der Waals surface area (Å²) >= 11 is 0. The zero-order chi connectivity index (χ0) is 20.4. The Labute approximate surface area is 163 Å². The molecule has 0 aliphatic carbocycles. The van der Waals surface area contributed by atoms with E-state index in [-0.39, 0.29) is 12.5 Å². The summed E-state index contributed by atoms with van der Waals surface area (Å²) in [4.78, 5) is 24.5. The maximum Gasteiger partial charge on any atom is 0.341 e. The van der Waals surface area contributed by atoms with E-state index in [1.807, 2.05) is 6.92 Å². The SMILES string of the molecule is CCCCC(=O)N(CC#Cc1ccc(OCC(=O)O)cc1)c1cccc(F)c1. The van der Waals surface area contributed by atoms with Gasteiger partial charge in [-0.1, -0.05) is 31.3 Å². The minimum Gasteiger partial charge on any atom is -0.482 e. The van der Waals surface area contributed by atoms with E-state index in [0.29, 0.717) is 23.4 Å². The Kier molecular flexibility index (Phi) is 8.04. The van der Waals surface area contributed by atoms with Crippen molar-refractivity contribution >= 4 is 17.6 Å². The highest BCUT2D eigenvalue weighted by atomic mass is 19.1. The third-order valence-electron chi connectivity index (χ3n) is 3.85. The molecule has 2 aromatic carbocycles. The van der Waals surface area contributed by atoms with Crippen LogP contribution in [0, 0.1) is 17.7 Å². The van der Waals surface area contributed by atoms with Crippen LogP contribution in [0.4, 0.5) is 10.1 Å². The van der Waals surface area contributed by atoms with Gasteiger partial charge < -0.3 is 14.7 Å². The van der Waals surface area contributed by atoms with Crippen molar-refractivity contribution in [1.82, 2.24) is 0 Å². The summed E-state index contributed by atoms with van der Waals surface area (Å²) in [5.74, 6) is 4.78. The van der Waals surface area contributed by atoms with Gasteiger partial charge in [0.05, 0.1) is 6.54 Å². The molecule has 1 amide bonds. The molecule has 146 valence electrons. The number of ether oxygens (including phenoxy) is 1. The number of aliphatic carboxylic acids is 1. The average Bonchev–Trinajstić information content (AvgIpc) is 2.68. The molecule has 0 heterocycles. The Hall–Kier alpha value is -3.33. The third-order valence-corrected chi connectivity index (χ3v) is 3.85. The van der Waals surface area contributed by atoms with E-state index in [9.17, 15) is 14.0 Å². The van der Waals surface area contributed by atoms with Crippen LogP contribution in [0.3, 0.4) is 0 Å². The van der Waals surface area contributed by atoms with E-state index in [4.69, 9.17) is 9.84 Å². The van der Waals surface area contributed by atoms with Gasteiger partial charge in [0, 0.05) is 17.7 Å². The fraction of sp³-hybridized carbons (Fsp3) is 0.273. The second-order valence-corrected chi connectivity index (χ2v) is 6.07. The van der Waals surface area contributed by atoms with Crippen molar-refractivity contribution in [3.05, 3.63) is 59.9 Å². The van der Waals surface area contributed by atoms with Gasteiger partial charge in [0.15, 0.2) is 6.61 Å². The first-order valence-electron chi connectivity index (χ1n) is 8.99. The lowest BCUT2D eigenvalue weighted by molar-refractivity contribution is -0.139. The monoisotopic (exact) mass is 383 g/mol. The molecule has 0 aliphatic rings. The Morgan fingerprint density at radius 2 is 1.93 bits per heavy atom. The summed E-state index contributed by atoms with van der Waals surface area (Å²) in [7, 11) is 0. The van der Waals surface area contributed by atoms with E-state index in [2.05, 4.69) is 11.8 Å². The van der Waals surface area contributed by atoms with Crippen LogP contribution >= 0.6 is 0 Å². The predicted octanol–water partition coefficient (Wildman–Crippen LogP) is 3.86. The topological polar surface area (TPSA) is 66.8 Å². The van der Waals surface area contributed by atoms with Gasteiger partial charge in [-0.05, 0) is 48.9 Å². The number of hydrogen-bond donors (Lipinski definition) is 1. The maximum atomic E-state index is 13.6. The largest absolute Gasteiger partial charge is 0.482 e. The van der Waals surface area contributed by atoms with Gasteiger partial charge in [-0.3, -0.25) is 4.79 Å². The lowest BCUT2D eigenvalue weighted by Crippen LogP contribution is -2.31. The lowest BCUT2D eigenvalue weighted by atomic mass is 10.2. The molecule has 1 N–H and O–H groups in total. The number of unbranched alkanes of at least 4 members (excludes halogenated alkanes) is 1. The van der Waals surface area contributed by atoms with Crippen molar-refractivity contribution < 1.29 is 23.8 Å². The minimum atomic E-state index is -1.05. The molecule has 0 aromatic heterocycles. The van der Waals surface area contributed by atoms with Crippen LogP contribution in [0.15, 0.2) is 48.5 Å². The van der Waals surface area contributed by atoms with Crippen LogP contribution in [0.5, 0.6) is 5.75 Å². The molecule has 6 heteroatoms. The zero-order valence-corrected chi connectivity index (χ0v) is 15.7. The van der Waals surface area contributed by atoms with Gasteiger partial charge in [-0.2, -0.15) is 0 Å². The Morgan fingerprint density at radius 3 is 2.57 bits per heavy atom. The van der Waals surface area contributed by atoms with Crippen LogP contribution in [0.25, 0.3) is 0 Å². The molecule has 0 fully saturated rings. The molecule has 0 saturated heterocycles. The predicted molar refractivity (Wildman–Crippen MR) is 105 cm³/mol. The molecule has 0 radical (unpaired) electrons. The summed E-state index contributed by atoms with van der Waals surface area (Å²) in [5.41, 5.74) is 1.18. The quantitative estimate of drug-likeness (QED) is 0.703. The molecule has 28 heavy (non-hydrogen) atoms. The number of halogens is 1. The number of benzene rings is 2. The van der Waals surface area contributed by atoms with Crippen molar-refractivity contribution in [2.24, 2.45) is 0 Å². The summed E-state index contributed by atoms with van der Waals surface area (Å²) in [5, 5.41) is 8.60. The van der Waals surface area contributed by atoms with Crippen molar-refractivity contribution in [3.8, 4) is 17.6 Å². The molecule has 5 nitrogen and oxygen atoms in total. The molecule has 2 aromatic rings. The second kappa shape index (κ2) is 10.7. The minimum absolute atomic E-state index is 0.0980.